The van der Waals surface area contributed by atoms with Crippen LogP contribution in [0.15, 0.2) is 16.6 Å². The van der Waals surface area contributed by atoms with E-state index in [4.69, 9.17) is 21.4 Å². The van der Waals surface area contributed by atoms with Crippen molar-refractivity contribution in [2.75, 3.05) is 7.11 Å². The SMILES string of the molecule is COc1cc(Cl)c(C(CC(=O)O)C2CC2)cc1Br. The molecule has 1 aromatic rings. The van der Waals surface area contributed by atoms with Crippen molar-refractivity contribution in [1.82, 2.24) is 0 Å². The van der Waals surface area contributed by atoms with Crippen LogP contribution in [0.25, 0.3) is 0 Å². The second-order valence-corrected chi connectivity index (χ2v) is 5.81. The summed E-state index contributed by atoms with van der Waals surface area (Å²) < 4.78 is 5.98. The molecule has 0 heterocycles. The molecule has 1 aliphatic rings. The Bertz CT molecular complexity index is 472. The molecule has 1 aliphatic carbocycles. The molecule has 5 heteroatoms. The average molecular weight is 334 g/mol. The van der Waals surface area contributed by atoms with Gasteiger partial charge in [-0.2, -0.15) is 0 Å². The van der Waals surface area contributed by atoms with Crippen LogP contribution in [0, 0.1) is 5.92 Å². The van der Waals surface area contributed by atoms with Crippen molar-refractivity contribution in [2.45, 2.75) is 25.2 Å². The largest absolute Gasteiger partial charge is 0.496 e. The Labute approximate surface area is 119 Å². The van der Waals surface area contributed by atoms with E-state index in [0.717, 1.165) is 22.9 Å². The lowest BCUT2D eigenvalue weighted by atomic mass is 9.91. The van der Waals surface area contributed by atoms with Crippen molar-refractivity contribution >= 4 is 33.5 Å². The number of carboxylic acid groups (broad SMARTS) is 1. The Kier molecular flexibility index (Phi) is 4.17. The highest BCUT2D eigenvalue weighted by Gasteiger charge is 2.35. The van der Waals surface area contributed by atoms with Crippen molar-refractivity contribution < 1.29 is 14.6 Å². The van der Waals surface area contributed by atoms with Gasteiger partial charge in [0.25, 0.3) is 0 Å². The predicted octanol–water partition coefficient (Wildman–Crippen LogP) is 4.08. The van der Waals surface area contributed by atoms with Crippen LogP contribution >= 0.6 is 27.5 Å². The molecule has 1 fully saturated rings. The Hall–Kier alpha value is -0.740. The molecule has 3 nitrogen and oxygen atoms in total. The number of carboxylic acids is 1. The fourth-order valence-corrected chi connectivity index (χ4v) is 3.02. The zero-order valence-corrected chi connectivity index (χ0v) is 12.3. The van der Waals surface area contributed by atoms with Crippen molar-refractivity contribution in [3.8, 4) is 5.75 Å². The first-order valence-corrected chi connectivity index (χ1v) is 6.94. The van der Waals surface area contributed by atoms with E-state index in [2.05, 4.69) is 15.9 Å². The van der Waals surface area contributed by atoms with Crippen molar-refractivity contribution in [3.63, 3.8) is 0 Å². The molecule has 98 valence electrons. The van der Waals surface area contributed by atoms with Crippen LogP contribution < -0.4 is 4.74 Å². The third-order valence-corrected chi connectivity index (χ3v) is 4.20. The van der Waals surface area contributed by atoms with Crippen LogP contribution in [0.5, 0.6) is 5.75 Å². The smallest absolute Gasteiger partial charge is 0.303 e. The average Bonchev–Trinajstić information content (AvgIpc) is 3.12. The summed E-state index contributed by atoms with van der Waals surface area (Å²) in [6.45, 7) is 0. The van der Waals surface area contributed by atoms with E-state index < -0.39 is 5.97 Å². The maximum atomic E-state index is 11.0. The molecule has 1 unspecified atom stereocenters. The van der Waals surface area contributed by atoms with Gasteiger partial charge in [-0.15, -0.1) is 0 Å². The molecular formula is C13H14BrClO3. The summed E-state index contributed by atoms with van der Waals surface area (Å²) in [5.74, 6) is 0.319. The minimum Gasteiger partial charge on any atom is -0.496 e. The zero-order valence-electron chi connectivity index (χ0n) is 9.95. The number of halogens is 2. The highest BCUT2D eigenvalue weighted by Crippen LogP contribution is 2.47. The summed E-state index contributed by atoms with van der Waals surface area (Å²) in [7, 11) is 1.58. The number of carbonyl (C=O) groups is 1. The molecule has 0 aliphatic heterocycles. The molecule has 1 atom stereocenters. The molecule has 0 saturated heterocycles. The zero-order chi connectivity index (χ0) is 13.3. The Morgan fingerprint density at radius 2 is 2.28 bits per heavy atom. The van der Waals surface area contributed by atoms with E-state index in [9.17, 15) is 4.79 Å². The number of methoxy groups -OCH3 is 1. The summed E-state index contributed by atoms with van der Waals surface area (Å²) in [6, 6.07) is 3.62. The molecule has 0 spiro atoms. The fourth-order valence-electron chi connectivity index (χ4n) is 2.20. The van der Waals surface area contributed by atoms with E-state index in [1.165, 1.54) is 0 Å². The van der Waals surface area contributed by atoms with E-state index in [1.54, 1.807) is 13.2 Å². The normalized spacial score (nSPS) is 16.4. The number of rotatable bonds is 5. The van der Waals surface area contributed by atoms with Crippen molar-refractivity contribution in [3.05, 3.63) is 27.2 Å². The number of hydrogen-bond donors (Lipinski definition) is 1. The molecule has 0 radical (unpaired) electrons. The van der Waals surface area contributed by atoms with Crippen molar-refractivity contribution in [1.29, 1.82) is 0 Å². The molecule has 18 heavy (non-hydrogen) atoms. The van der Waals surface area contributed by atoms with Crippen LogP contribution in [-0.4, -0.2) is 18.2 Å². The lowest BCUT2D eigenvalue weighted by Gasteiger charge is -2.17. The maximum Gasteiger partial charge on any atom is 0.303 e. The topological polar surface area (TPSA) is 46.5 Å². The number of hydrogen-bond acceptors (Lipinski definition) is 2. The van der Waals surface area contributed by atoms with Gasteiger partial charge in [0.15, 0.2) is 0 Å². The molecule has 2 rings (SSSR count). The van der Waals surface area contributed by atoms with Crippen LogP contribution in [0.4, 0.5) is 0 Å². The van der Waals surface area contributed by atoms with Crippen LogP contribution in [0.2, 0.25) is 5.02 Å². The van der Waals surface area contributed by atoms with Gasteiger partial charge in [-0.25, -0.2) is 0 Å². The summed E-state index contributed by atoms with van der Waals surface area (Å²) in [5.41, 5.74) is 0.897. The van der Waals surface area contributed by atoms with Gasteiger partial charge < -0.3 is 9.84 Å². The summed E-state index contributed by atoms with van der Waals surface area (Å²) in [6.07, 6.45) is 2.29. The highest BCUT2D eigenvalue weighted by atomic mass is 79.9. The van der Waals surface area contributed by atoms with E-state index >= 15 is 0 Å². The van der Waals surface area contributed by atoms with E-state index in [-0.39, 0.29) is 12.3 Å². The van der Waals surface area contributed by atoms with Crippen LogP contribution in [-0.2, 0) is 4.79 Å². The van der Waals surface area contributed by atoms with E-state index in [1.807, 2.05) is 6.07 Å². The Morgan fingerprint density at radius 3 is 2.78 bits per heavy atom. The van der Waals surface area contributed by atoms with Gasteiger partial charge in [-0.05, 0) is 52.2 Å². The first kappa shape index (κ1) is 13.7. The first-order chi connectivity index (χ1) is 8.52. The van der Waals surface area contributed by atoms with Crippen LogP contribution in [0.3, 0.4) is 0 Å². The van der Waals surface area contributed by atoms with Gasteiger partial charge in [0, 0.05) is 11.1 Å². The summed E-state index contributed by atoms with van der Waals surface area (Å²) in [4.78, 5) is 11.0. The Balaban J connectivity index is 2.35. The number of benzene rings is 1. The quantitative estimate of drug-likeness (QED) is 0.883. The summed E-state index contributed by atoms with van der Waals surface area (Å²) in [5, 5.41) is 9.58. The monoisotopic (exact) mass is 332 g/mol. The van der Waals surface area contributed by atoms with Crippen LogP contribution in [0.1, 0.15) is 30.7 Å². The minimum absolute atomic E-state index is 0.00259. The van der Waals surface area contributed by atoms with Gasteiger partial charge in [-0.1, -0.05) is 11.6 Å². The third-order valence-electron chi connectivity index (χ3n) is 3.26. The van der Waals surface area contributed by atoms with Gasteiger partial charge in [0.2, 0.25) is 0 Å². The highest BCUT2D eigenvalue weighted by molar-refractivity contribution is 9.10. The molecule has 1 aromatic carbocycles. The number of ether oxygens (including phenoxy) is 1. The van der Waals surface area contributed by atoms with Crippen molar-refractivity contribution in [2.24, 2.45) is 5.92 Å². The Morgan fingerprint density at radius 1 is 1.61 bits per heavy atom. The van der Waals surface area contributed by atoms with Gasteiger partial charge in [0.05, 0.1) is 18.0 Å². The molecular weight excluding hydrogens is 319 g/mol. The fraction of sp³-hybridized carbons (Fsp3) is 0.462. The first-order valence-electron chi connectivity index (χ1n) is 5.77. The minimum atomic E-state index is -0.782. The lowest BCUT2D eigenvalue weighted by Crippen LogP contribution is -2.09. The molecule has 0 aromatic heterocycles. The molecule has 1 saturated carbocycles. The predicted molar refractivity (Wildman–Crippen MR) is 73.4 cm³/mol. The molecule has 0 amide bonds. The maximum absolute atomic E-state index is 11.0. The van der Waals surface area contributed by atoms with Gasteiger partial charge in [0.1, 0.15) is 5.75 Å². The lowest BCUT2D eigenvalue weighted by molar-refractivity contribution is -0.137. The molecule has 1 N–H and O–H groups in total. The molecule has 0 bridgehead atoms. The second kappa shape index (κ2) is 5.49. The third kappa shape index (κ3) is 2.98. The number of aliphatic carboxylic acids is 1. The standard InChI is InChI=1S/C13H14BrClO3/c1-18-12-6-11(15)9(4-10(12)14)8(5-13(16)17)7-2-3-7/h4,6-8H,2-3,5H2,1H3,(H,16,17). The van der Waals surface area contributed by atoms with E-state index in [0.29, 0.717) is 16.7 Å². The van der Waals surface area contributed by atoms with Gasteiger partial charge in [-0.3, -0.25) is 4.79 Å². The van der Waals surface area contributed by atoms with Gasteiger partial charge >= 0.3 is 5.97 Å². The summed E-state index contributed by atoms with van der Waals surface area (Å²) >= 11 is 9.65. The second-order valence-electron chi connectivity index (χ2n) is 4.55.